The van der Waals surface area contributed by atoms with E-state index in [-0.39, 0.29) is 5.82 Å². The van der Waals surface area contributed by atoms with E-state index in [1.165, 1.54) is 12.1 Å². The van der Waals surface area contributed by atoms with Crippen molar-refractivity contribution in [2.45, 2.75) is 26.8 Å². The maximum absolute atomic E-state index is 13.1. The lowest BCUT2D eigenvalue weighted by Crippen LogP contribution is -2.04. The van der Waals surface area contributed by atoms with Crippen LogP contribution in [0.15, 0.2) is 42.5 Å². The van der Waals surface area contributed by atoms with E-state index < -0.39 is 0 Å². The SMILES string of the molecule is CCCOc1cc(C)ccc1NCc1cccc(F)c1. The molecule has 0 atom stereocenters. The molecule has 0 aliphatic carbocycles. The van der Waals surface area contributed by atoms with Crippen LogP contribution >= 0.6 is 0 Å². The summed E-state index contributed by atoms with van der Waals surface area (Å²) in [6.07, 6.45) is 0.970. The molecule has 0 spiro atoms. The maximum atomic E-state index is 13.1. The number of halogens is 1. The molecule has 0 heterocycles. The van der Waals surface area contributed by atoms with Gasteiger partial charge in [0.1, 0.15) is 11.6 Å². The number of hydrogen-bond donors (Lipinski definition) is 1. The highest BCUT2D eigenvalue weighted by molar-refractivity contribution is 5.57. The van der Waals surface area contributed by atoms with E-state index in [0.29, 0.717) is 13.2 Å². The fourth-order valence-electron chi connectivity index (χ4n) is 1.95. The van der Waals surface area contributed by atoms with Gasteiger partial charge in [0, 0.05) is 6.54 Å². The molecule has 0 aliphatic heterocycles. The lowest BCUT2D eigenvalue weighted by atomic mass is 10.2. The molecule has 106 valence electrons. The van der Waals surface area contributed by atoms with Gasteiger partial charge in [-0.2, -0.15) is 0 Å². The number of ether oxygens (including phenoxy) is 1. The van der Waals surface area contributed by atoms with Crippen LogP contribution in [0.2, 0.25) is 0 Å². The molecule has 3 heteroatoms. The van der Waals surface area contributed by atoms with Crippen LogP contribution < -0.4 is 10.1 Å². The van der Waals surface area contributed by atoms with Crippen LogP contribution in [0.5, 0.6) is 5.75 Å². The normalized spacial score (nSPS) is 10.3. The molecule has 2 rings (SSSR count). The van der Waals surface area contributed by atoms with Crippen LogP contribution in [-0.4, -0.2) is 6.61 Å². The standard InChI is InChI=1S/C17H20FNO/c1-3-9-20-17-10-13(2)7-8-16(17)19-12-14-5-4-6-15(18)11-14/h4-8,10-11,19H,3,9,12H2,1-2H3. The number of aryl methyl sites for hydroxylation is 1. The van der Waals surface area contributed by atoms with Crippen LogP contribution in [0.3, 0.4) is 0 Å². The Morgan fingerprint density at radius 3 is 2.75 bits per heavy atom. The average molecular weight is 273 g/mol. The van der Waals surface area contributed by atoms with Crippen molar-refractivity contribution >= 4 is 5.69 Å². The Bertz CT molecular complexity index is 569. The minimum Gasteiger partial charge on any atom is -0.491 e. The summed E-state index contributed by atoms with van der Waals surface area (Å²) in [5, 5.41) is 3.30. The van der Waals surface area contributed by atoms with Crippen LogP contribution in [0.4, 0.5) is 10.1 Å². The van der Waals surface area contributed by atoms with Crippen molar-refractivity contribution < 1.29 is 9.13 Å². The van der Waals surface area contributed by atoms with Gasteiger partial charge in [0.2, 0.25) is 0 Å². The molecule has 1 N–H and O–H groups in total. The summed E-state index contributed by atoms with van der Waals surface area (Å²) in [6, 6.07) is 12.7. The number of hydrogen-bond acceptors (Lipinski definition) is 2. The third-order valence-corrected chi connectivity index (χ3v) is 2.97. The zero-order valence-electron chi connectivity index (χ0n) is 11.9. The molecule has 2 aromatic carbocycles. The molecule has 0 bridgehead atoms. The second kappa shape index (κ2) is 6.94. The van der Waals surface area contributed by atoms with E-state index >= 15 is 0 Å². The van der Waals surface area contributed by atoms with Crippen molar-refractivity contribution in [1.82, 2.24) is 0 Å². The molecule has 0 saturated heterocycles. The lowest BCUT2D eigenvalue weighted by Gasteiger charge is -2.14. The molecule has 0 aromatic heterocycles. The fourth-order valence-corrected chi connectivity index (χ4v) is 1.95. The maximum Gasteiger partial charge on any atom is 0.142 e. The number of anilines is 1. The van der Waals surface area contributed by atoms with Crippen molar-refractivity contribution in [3.05, 3.63) is 59.4 Å². The van der Waals surface area contributed by atoms with Gasteiger partial charge in [-0.25, -0.2) is 4.39 Å². The van der Waals surface area contributed by atoms with E-state index in [0.717, 1.165) is 29.0 Å². The quantitative estimate of drug-likeness (QED) is 0.834. The minimum atomic E-state index is -0.212. The molecular weight excluding hydrogens is 253 g/mol. The highest BCUT2D eigenvalue weighted by Gasteiger charge is 2.04. The van der Waals surface area contributed by atoms with E-state index in [1.54, 1.807) is 6.07 Å². The van der Waals surface area contributed by atoms with Crippen LogP contribution in [0.1, 0.15) is 24.5 Å². The highest BCUT2D eigenvalue weighted by Crippen LogP contribution is 2.26. The second-order valence-corrected chi connectivity index (χ2v) is 4.83. The molecule has 2 aromatic rings. The first kappa shape index (κ1) is 14.4. The Labute approximate surface area is 119 Å². The van der Waals surface area contributed by atoms with E-state index in [4.69, 9.17) is 4.74 Å². The van der Waals surface area contributed by atoms with Gasteiger partial charge in [0.05, 0.1) is 12.3 Å². The smallest absolute Gasteiger partial charge is 0.142 e. The van der Waals surface area contributed by atoms with E-state index in [2.05, 4.69) is 12.2 Å². The van der Waals surface area contributed by atoms with Gasteiger partial charge < -0.3 is 10.1 Å². The lowest BCUT2D eigenvalue weighted by molar-refractivity contribution is 0.318. The molecule has 0 aliphatic rings. The molecule has 0 saturated carbocycles. The molecule has 2 nitrogen and oxygen atoms in total. The van der Waals surface area contributed by atoms with Gasteiger partial charge in [0.15, 0.2) is 0 Å². The second-order valence-electron chi connectivity index (χ2n) is 4.83. The Hall–Kier alpha value is -2.03. The zero-order chi connectivity index (χ0) is 14.4. The van der Waals surface area contributed by atoms with Gasteiger partial charge in [0.25, 0.3) is 0 Å². The van der Waals surface area contributed by atoms with E-state index in [9.17, 15) is 4.39 Å². The molecule has 0 fully saturated rings. The Morgan fingerprint density at radius 1 is 1.15 bits per heavy atom. The molecule has 0 amide bonds. The Balaban J connectivity index is 2.08. The van der Waals surface area contributed by atoms with Crippen molar-refractivity contribution in [3.8, 4) is 5.75 Å². The molecule has 0 radical (unpaired) electrons. The van der Waals surface area contributed by atoms with Crippen molar-refractivity contribution in [2.75, 3.05) is 11.9 Å². The van der Waals surface area contributed by atoms with Crippen LogP contribution in [-0.2, 0) is 6.54 Å². The summed E-state index contributed by atoms with van der Waals surface area (Å²) in [6.45, 7) is 5.38. The van der Waals surface area contributed by atoms with Crippen LogP contribution in [0.25, 0.3) is 0 Å². The first-order chi connectivity index (χ1) is 9.69. The van der Waals surface area contributed by atoms with Gasteiger partial charge >= 0.3 is 0 Å². The first-order valence-corrected chi connectivity index (χ1v) is 6.91. The average Bonchev–Trinajstić information content (AvgIpc) is 2.44. The van der Waals surface area contributed by atoms with Crippen molar-refractivity contribution in [1.29, 1.82) is 0 Å². The van der Waals surface area contributed by atoms with Crippen molar-refractivity contribution in [2.24, 2.45) is 0 Å². The highest BCUT2D eigenvalue weighted by atomic mass is 19.1. The Kier molecular flexibility index (Phi) is 4.99. The fraction of sp³-hybridized carbons (Fsp3) is 0.294. The largest absolute Gasteiger partial charge is 0.491 e. The van der Waals surface area contributed by atoms with Gasteiger partial charge in [-0.1, -0.05) is 25.1 Å². The summed E-state index contributed by atoms with van der Waals surface area (Å²) in [5.41, 5.74) is 3.01. The number of benzene rings is 2. The topological polar surface area (TPSA) is 21.3 Å². The van der Waals surface area contributed by atoms with E-state index in [1.807, 2.05) is 31.2 Å². The van der Waals surface area contributed by atoms with Gasteiger partial charge in [-0.3, -0.25) is 0 Å². The van der Waals surface area contributed by atoms with Crippen LogP contribution in [0, 0.1) is 12.7 Å². The summed E-state index contributed by atoms with van der Waals surface area (Å²) in [4.78, 5) is 0. The third-order valence-electron chi connectivity index (χ3n) is 2.97. The third kappa shape index (κ3) is 3.98. The predicted octanol–water partition coefficient (Wildman–Crippen LogP) is 4.54. The minimum absolute atomic E-state index is 0.212. The molecule has 20 heavy (non-hydrogen) atoms. The van der Waals surface area contributed by atoms with Gasteiger partial charge in [-0.15, -0.1) is 0 Å². The number of nitrogens with one attached hydrogen (secondary N) is 1. The summed E-state index contributed by atoms with van der Waals surface area (Å²) >= 11 is 0. The number of rotatable bonds is 6. The molecular formula is C17H20FNO. The monoisotopic (exact) mass is 273 g/mol. The summed E-state index contributed by atoms with van der Waals surface area (Å²) in [5.74, 6) is 0.638. The first-order valence-electron chi connectivity index (χ1n) is 6.91. The Morgan fingerprint density at radius 2 is 2.00 bits per heavy atom. The predicted molar refractivity (Wildman–Crippen MR) is 80.7 cm³/mol. The zero-order valence-corrected chi connectivity index (χ0v) is 11.9. The molecule has 0 unspecified atom stereocenters. The summed E-state index contributed by atoms with van der Waals surface area (Å²) < 4.78 is 18.9. The van der Waals surface area contributed by atoms with Gasteiger partial charge in [-0.05, 0) is 48.7 Å². The van der Waals surface area contributed by atoms with Crippen molar-refractivity contribution in [3.63, 3.8) is 0 Å². The summed E-state index contributed by atoms with van der Waals surface area (Å²) in [7, 11) is 0.